The van der Waals surface area contributed by atoms with Crippen LogP contribution < -0.4 is 5.32 Å². The van der Waals surface area contributed by atoms with Gasteiger partial charge in [0.15, 0.2) is 0 Å². The molecule has 20 heavy (non-hydrogen) atoms. The number of carbonyl (C=O) groups excluding carboxylic acids is 1. The van der Waals surface area contributed by atoms with Crippen LogP contribution in [0.3, 0.4) is 0 Å². The van der Waals surface area contributed by atoms with E-state index in [2.05, 4.69) is 47.2 Å². The Hall–Kier alpha value is -1.62. The van der Waals surface area contributed by atoms with Crippen LogP contribution in [0.25, 0.3) is 0 Å². The average molecular weight is 337 g/mol. The van der Waals surface area contributed by atoms with Gasteiger partial charge in [0, 0.05) is 4.47 Å². The zero-order valence-electron chi connectivity index (χ0n) is 12.0. The van der Waals surface area contributed by atoms with E-state index in [-0.39, 0.29) is 11.3 Å². The lowest BCUT2D eigenvalue weighted by Crippen LogP contribution is -2.14. The predicted octanol–water partition coefficient (Wildman–Crippen LogP) is 4.30. The number of nitrogens with one attached hydrogen (secondary N) is 1. The van der Waals surface area contributed by atoms with Crippen molar-refractivity contribution in [1.29, 1.82) is 0 Å². The van der Waals surface area contributed by atoms with E-state index in [9.17, 15) is 4.79 Å². The molecule has 2 rings (SSSR count). The van der Waals surface area contributed by atoms with Crippen LogP contribution in [0.4, 0.5) is 5.69 Å². The Bertz CT molecular complexity index is 642. The lowest BCUT2D eigenvalue weighted by Gasteiger charge is -2.20. The van der Waals surface area contributed by atoms with E-state index in [4.69, 9.17) is 4.52 Å². The molecule has 0 aliphatic rings. The normalized spacial score (nSPS) is 11.4. The van der Waals surface area contributed by atoms with Gasteiger partial charge in [-0.05, 0) is 46.0 Å². The minimum atomic E-state index is -0.229. The third-order valence-electron chi connectivity index (χ3n) is 3.08. The maximum absolute atomic E-state index is 12.1. The van der Waals surface area contributed by atoms with Gasteiger partial charge in [0.25, 0.3) is 5.91 Å². The molecule has 0 fully saturated rings. The van der Waals surface area contributed by atoms with Crippen LogP contribution in [0.5, 0.6) is 0 Å². The molecule has 0 aliphatic heterocycles. The predicted molar refractivity (Wildman–Crippen MR) is 82.0 cm³/mol. The number of hydrogen-bond donors (Lipinski definition) is 1. The zero-order valence-corrected chi connectivity index (χ0v) is 13.5. The standard InChI is InChI=1S/C15H17BrN2O2/c1-9-11(8-17-20-9)14(19)18-13-6-5-10(7-12(13)16)15(2,3)4/h5-8H,1-4H3,(H,18,19). The van der Waals surface area contributed by atoms with Crippen molar-refractivity contribution >= 4 is 27.5 Å². The number of aromatic nitrogens is 1. The lowest BCUT2D eigenvalue weighted by molar-refractivity contribution is 0.102. The highest BCUT2D eigenvalue weighted by Crippen LogP contribution is 2.30. The van der Waals surface area contributed by atoms with E-state index in [1.165, 1.54) is 11.8 Å². The molecule has 0 atom stereocenters. The number of amides is 1. The minimum Gasteiger partial charge on any atom is -0.361 e. The average Bonchev–Trinajstić information content (AvgIpc) is 2.76. The number of benzene rings is 1. The molecule has 106 valence electrons. The van der Waals surface area contributed by atoms with Crippen molar-refractivity contribution in [1.82, 2.24) is 5.16 Å². The van der Waals surface area contributed by atoms with E-state index < -0.39 is 0 Å². The summed E-state index contributed by atoms with van der Waals surface area (Å²) >= 11 is 3.50. The van der Waals surface area contributed by atoms with E-state index >= 15 is 0 Å². The first kappa shape index (κ1) is 14.8. The summed E-state index contributed by atoms with van der Waals surface area (Å²) in [7, 11) is 0. The van der Waals surface area contributed by atoms with Crippen molar-refractivity contribution in [3.05, 3.63) is 45.8 Å². The van der Waals surface area contributed by atoms with Gasteiger partial charge in [0.2, 0.25) is 0 Å². The maximum Gasteiger partial charge on any atom is 0.260 e. The molecule has 1 amide bonds. The number of carbonyl (C=O) groups is 1. The number of nitrogens with zero attached hydrogens (tertiary/aromatic N) is 1. The van der Waals surface area contributed by atoms with Gasteiger partial charge in [-0.3, -0.25) is 4.79 Å². The van der Waals surface area contributed by atoms with Gasteiger partial charge >= 0.3 is 0 Å². The van der Waals surface area contributed by atoms with Crippen LogP contribution in [-0.4, -0.2) is 11.1 Å². The molecule has 0 bridgehead atoms. The lowest BCUT2D eigenvalue weighted by atomic mass is 9.87. The molecular weight excluding hydrogens is 320 g/mol. The van der Waals surface area contributed by atoms with Crippen molar-refractivity contribution < 1.29 is 9.32 Å². The second kappa shape index (κ2) is 5.40. The summed E-state index contributed by atoms with van der Waals surface area (Å²) in [6.07, 6.45) is 1.42. The third-order valence-corrected chi connectivity index (χ3v) is 3.73. The Morgan fingerprint density at radius 1 is 1.35 bits per heavy atom. The Morgan fingerprint density at radius 2 is 2.05 bits per heavy atom. The van der Waals surface area contributed by atoms with Gasteiger partial charge in [-0.25, -0.2) is 0 Å². The molecule has 0 spiro atoms. The Morgan fingerprint density at radius 3 is 2.55 bits per heavy atom. The van der Waals surface area contributed by atoms with Gasteiger partial charge in [-0.1, -0.05) is 32.0 Å². The van der Waals surface area contributed by atoms with Crippen molar-refractivity contribution in [3.63, 3.8) is 0 Å². The second-order valence-corrected chi connectivity index (χ2v) is 6.55. The van der Waals surface area contributed by atoms with Gasteiger partial charge in [-0.2, -0.15) is 0 Å². The summed E-state index contributed by atoms with van der Waals surface area (Å²) < 4.78 is 5.75. The second-order valence-electron chi connectivity index (χ2n) is 5.69. The topological polar surface area (TPSA) is 55.1 Å². The molecule has 1 heterocycles. The summed E-state index contributed by atoms with van der Waals surface area (Å²) in [4.78, 5) is 12.1. The Kier molecular flexibility index (Phi) is 3.99. The van der Waals surface area contributed by atoms with E-state index in [0.29, 0.717) is 11.3 Å². The highest BCUT2D eigenvalue weighted by atomic mass is 79.9. The molecule has 2 aromatic rings. The molecule has 5 heteroatoms. The maximum atomic E-state index is 12.1. The number of halogens is 1. The fourth-order valence-electron chi connectivity index (χ4n) is 1.79. The van der Waals surface area contributed by atoms with Crippen LogP contribution in [0.2, 0.25) is 0 Å². The van der Waals surface area contributed by atoms with Gasteiger partial charge in [0.1, 0.15) is 11.3 Å². The first-order valence-electron chi connectivity index (χ1n) is 6.31. The molecular formula is C15H17BrN2O2. The molecule has 0 aliphatic carbocycles. The van der Waals surface area contributed by atoms with Crippen molar-refractivity contribution in [3.8, 4) is 0 Å². The van der Waals surface area contributed by atoms with E-state index in [0.717, 1.165) is 10.2 Å². The molecule has 0 unspecified atom stereocenters. The third kappa shape index (κ3) is 3.10. The number of aryl methyl sites for hydroxylation is 1. The fourth-order valence-corrected chi connectivity index (χ4v) is 2.27. The summed E-state index contributed by atoms with van der Waals surface area (Å²) in [6.45, 7) is 8.15. The molecule has 0 saturated carbocycles. The Balaban J connectivity index is 2.23. The van der Waals surface area contributed by atoms with Gasteiger partial charge in [-0.15, -0.1) is 0 Å². The summed E-state index contributed by atoms with van der Waals surface area (Å²) in [5.41, 5.74) is 2.43. The summed E-state index contributed by atoms with van der Waals surface area (Å²) in [5.74, 6) is 0.276. The van der Waals surface area contributed by atoms with Gasteiger partial charge in [0.05, 0.1) is 11.9 Å². The first-order chi connectivity index (χ1) is 9.29. The largest absolute Gasteiger partial charge is 0.361 e. The summed E-state index contributed by atoms with van der Waals surface area (Å²) in [5, 5.41) is 6.45. The highest BCUT2D eigenvalue weighted by molar-refractivity contribution is 9.10. The van der Waals surface area contributed by atoms with Crippen LogP contribution in [0.15, 0.2) is 33.4 Å². The first-order valence-corrected chi connectivity index (χ1v) is 7.11. The molecule has 0 radical (unpaired) electrons. The monoisotopic (exact) mass is 336 g/mol. The van der Waals surface area contributed by atoms with Crippen LogP contribution >= 0.6 is 15.9 Å². The highest BCUT2D eigenvalue weighted by Gasteiger charge is 2.17. The molecule has 1 aromatic carbocycles. The minimum absolute atomic E-state index is 0.0656. The molecule has 1 aromatic heterocycles. The summed E-state index contributed by atoms with van der Waals surface area (Å²) in [6, 6.07) is 5.93. The van der Waals surface area contributed by atoms with E-state index in [1.807, 2.05) is 18.2 Å². The Labute approximate surface area is 126 Å². The van der Waals surface area contributed by atoms with Gasteiger partial charge < -0.3 is 9.84 Å². The molecule has 0 saturated heterocycles. The number of hydrogen-bond acceptors (Lipinski definition) is 3. The van der Waals surface area contributed by atoms with Crippen LogP contribution in [-0.2, 0) is 5.41 Å². The van der Waals surface area contributed by atoms with Crippen LogP contribution in [0, 0.1) is 6.92 Å². The molecule has 4 nitrogen and oxygen atoms in total. The van der Waals surface area contributed by atoms with E-state index in [1.54, 1.807) is 6.92 Å². The van der Waals surface area contributed by atoms with Crippen LogP contribution in [0.1, 0.15) is 42.5 Å². The number of anilines is 1. The quantitative estimate of drug-likeness (QED) is 0.889. The van der Waals surface area contributed by atoms with Crippen molar-refractivity contribution in [2.45, 2.75) is 33.1 Å². The van der Waals surface area contributed by atoms with Crippen molar-refractivity contribution in [2.75, 3.05) is 5.32 Å². The zero-order chi connectivity index (χ0) is 14.9. The SMILES string of the molecule is Cc1oncc1C(=O)Nc1ccc(C(C)(C)C)cc1Br. The smallest absolute Gasteiger partial charge is 0.260 e. The molecule has 1 N–H and O–H groups in total. The van der Waals surface area contributed by atoms with Crippen molar-refractivity contribution in [2.24, 2.45) is 0 Å². The number of rotatable bonds is 2. The fraction of sp³-hybridized carbons (Fsp3) is 0.333.